The highest BCUT2D eigenvalue weighted by atomic mass is 79.9. The van der Waals surface area contributed by atoms with Crippen molar-refractivity contribution in [3.63, 3.8) is 0 Å². The topological polar surface area (TPSA) is 20.3 Å². The van der Waals surface area contributed by atoms with Crippen molar-refractivity contribution in [2.24, 2.45) is 0 Å². The molecular formula is C14H20BrNOS. The Bertz CT molecular complexity index is 396. The second-order valence-electron chi connectivity index (χ2n) is 5.09. The lowest BCUT2D eigenvalue weighted by Gasteiger charge is -2.26. The fraction of sp³-hybridized carbons (Fsp3) is 0.643. The van der Waals surface area contributed by atoms with Gasteiger partial charge in [-0.05, 0) is 48.0 Å². The fourth-order valence-electron chi connectivity index (χ4n) is 2.60. The third-order valence-electron chi connectivity index (χ3n) is 3.69. The Kier molecular flexibility index (Phi) is 5.39. The number of hydrogen-bond donors (Lipinski definition) is 0. The van der Waals surface area contributed by atoms with Gasteiger partial charge in [-0.2, -0.15) is 0 Å². The zero-order valence-electron chi connectivity index (χ0n) is 10.8. The maximum atomic E-state index is 12.1. The van der Waals surface area contributed by atoms with Gasteiger partial charge in [0, 0.05) is 6.04 Å². The van der Waals surface area contributed by atoms with E-state index in [1.807, 2.05) is 12.1 Å². The molecule has 0 atom stereocenters. The number of hydrogen-bond acceptors (Lipinski definition) is 3. The number of thiophene rings is 1. The van der Waals surface area contributed by atoms with Gasteiger partial charge in [0.25, 0.3) is 0 Å². The molecule has 1 heterocycles. The molecule has 0 unspecified atom stereocenters. The highest BCUT2D eigenvalue weighted by molar-refractivity contribution is 9.11. The SMILES string of the molecule is CN(CC(=O)c1ccc(Br)s1)C1CCCCCC1. The second kappa shape index (κ2) is 6.83. The Morgan fingerprint density at radius 2 is 2.00 bits per heavy atom. The fourth-order valence-corrected chi connectivity index (χ4v) is 3.91. The molecule has 1 aromatic heterocycles. The van der Waals surface area contributed by atoms with Gasteiger partial charge in [0.05, 0.1) is 15.2 Å². The summed E-state index contributed by atoms with van der Waals surface area (Å²) in [6.07, 6.45) is 7.84. The normalized spacial score (nSPS) is 17.9. The van der Waals surface area contributed by atoms with E-state index >= 15 is 0 Å². The number of carbonyl (C=O) groups excluding carboxylic acids is 1. The van der Waals surface area contributed by atoms with E-state index < -0.39 is 0 Å². The maximum absolute atomic E-state index is 12.1. The van der Waals surface area contributed by atoms with E-state index in [0.29, 0.717) is 12.6 Å². The summed E-state index contributed by atoms with van der Waals surface area (Å²) in [4.78, 5) is 15.3. The number of rotatable bonds is 4. The standard InChI is InChI=1S/C14H20BrNOS/c1-16(11-6-4-2-3-5-7-11)10-12(17)13-8-9-14(15)18-13/h8-9,11H,2-7,10H2,1H3. The summed E-state index contributed by atoms with van der Waals surface area (Å²) in [5.74, 6) is 0.248. The molecule has 0 saturated heterocycles. The predicted molar refractivity (Wildman–Crippen MR) is 80.5 cm³/mol. The third-order valence-corrected chi connectivity index (χ3v) is 5.35. The summed E-state index contributed by atoms with van der Waals surface area (Å²) in [5, 5.41) is 0. The maximum Gasteiger partial charge on any atom is 0.186 e. The number of carbonyl (C=O) groups is 1. The number of Topliss-reactive ketones (excluding diaryl/α,β-unsaturated/α-hetero) is 1. The number of ketones is 1. The van der Waals surface area contributed by atoms with Crippen LogP contribution in [0.3, 0.4) is 0 Å². The van der Waals surface area contributed by atoms with Crippen LogP contribution in [0.25, 0.3) is 0 Å². The highest BCUT2D eigenvalue weighted by Crippen LogP contribution is 2.24. The van der Waals surface area contributed by atoms with E-state index in [-0.39, 0.29) is 5.78 Å². The van der Waals surface area contributed by atoms with Crippen LogP contribution in [0.5, 0.6) is 0 Å². The first kappa shape index (κ1) is 14.2. The van der Waals surface area contributed by atoms with Crippen molar-refractivity contribution in [1.82, 2.24) is 4.90 Å². The Hall–Kier alpha value is -0.190. The molecule has 1 saturated carbocycles. The van der Waals surface area contributed by atoms with Gasteiger partial charge in [-0.3, -0.25) is 9.69 Å². The van der Waals surface area contributed by atoms with Gasteiger partial charge in [0.1, 0.15) is 0 Å². The van der Waals surface area contributed by atoms with Crippen LogP contribution in [0.2, 0.25) is 0 Å². The average Bonchev–Trinajstić information content (AvgIpc) is 2.63. The minimum Gasteiger partial charge on any atom is -0.296 e. The summed E-state index contributed by atoms with van der Waals surface area (Å²) in [7, 11) is 2.09. The van der Waals surface area contributed by atoms with Gasteiger partial charge in [0.15, 0.2) is 5.78 Å². The molecule has 1 fully saturated rings. The van der Waals surface area contributed by atoms with Crippen LogP contribution >= 0.6 is 27.3 Å². The quantitative estimate of drug-likeness (QED) is 0.604. The van der Waals surface area contributed by atoms with E-state index in [4.69, 9.17) is 0 Å². The molecule has 18 heavy (non-hydrogen) atoms. The van der Waals surface area contributed by atoms with Crippen molar-refractivity contribution in [2.75, 3.05) is 13.6 Å². The minimum absolute atomic E-state index is 0.248. The lowest BCUT2D eigenvalue weighted by molar-refractivity contribution is 0.0916. The zero-order valence-corrected chi connectivity index (χ0v) is 13.2. The highest BCUT2D eigenvalue weighted by Gasteiger charge is 2.20. The van der Waals surface area contributed by atoms with Crippen LogP contribution in [0.4, 0.5) is 0 Å². The van der Waals surface area contributed by atoms with E-state index in [1.54, 1.807) is 0 Å². The van der Waals surface area contributed by atoms with Gasteiger partial charge in [-0.15, -0.1) is 11.3 Å². The van der Waals surface area contributed by atoms with Crippen molar-refractivity contribution in [3.8, 4) is 0 Å². The van der Waals surface area contributed by atoms with Gasteiger partial charge < -0.3 is 0 Å². The van der Waals surface area contributed by atoms with Crippen LogP contribution in [0.15, 0.2) is 15.9 Å². The molecule has 2 rings (SSSR count). The molecule has 0 spiro atoms. The Morgan fingerprint density at radius 3 is 2.56 bits per heavy atom. The first-order valence-electron chi connectivity index (χ1n) is 6.65. The van der Waals surface area contributed by atoms with E-state index in [0.717, 1.165) is 8.66 Å². The molecule has 0 amide bonds. The molecule has 4 heteroatoms. The summed E-state index contributed by atoms with van der Waals surface area (Å²) in [5.41, 5.74) is 0. The molecule has 2 nitrogen and oxygen atoms in total. The van der Waals surface area contributed by atoms with E-state index in [9.17, 15) is 4.79 Å². The van der Waals surface area contributed by atoms with Crippen LogP contribution in [0.1, 0.15) is 48.2 Å². The Labute approximate surface area is 122 Å². The van der Waals surface area contributed by atoms with Gasteiger partial charge in [-0.1, -0.05) is 25.7 Å². The summed E-state index contributed by atoms with van der Waals surface area (Å²) in [6.45, 7) is 0.553. The largest absolute Gasteiger partial charge is 0.296 e. The molecule has 0 bridgehead atoms. The van der Waals surface area contributed by atoms with Crippen molar-refractivity contribution in [1.29, 1.82) is 0 Å². The molecule has 1 aliphatic rings. The first-order valence-corrected chi connectivity index (χ1v) is 8.26. The first-order chi connectivity index (χ1) is 8.66. The Morgan fingerprint density at radius 1 is 1.33 bits per heavy atom. The van der Waals surface area contributed by atoms with Crippen molar-refractivity contribution in [3.05, 3.63) is 20.8 Å². The van der Waals surface area contributed by atoms with Crippen LogP contribution in [-0.4, -0.2) is 30.3 Å². The number of halogens is 1. The summed E-state index contributed by atoms with van der Waals surface area (Å²) < 4.78 is 1.03. The molecule has 0 N–H and O–H groups in total. The summed E-state index contributed by atoms with van der Waals surface area (Å²) in [6, 6.07) is 4.46. The smallest absolute Gasteiger partial charge is 0.186 e. The molecule has 1 aliphatic carbocycles. The monoisotopic (exact) mass is 329 g/mol. The van der Waals surface area contributed by atoms with Crippen molar-refractivity contribution < 1.29 is 4.79 Å². The molecule has 100 valence electrons. The van der Waals surface area contributed by atoms with Gasteiger partial charge in [0.2, 0.25) is 0 Å². The predicted octanol–water partition coefficient (Wildman–Crippen LogP) is 4.35. The molecule has 0 radical (unpaired) electrons. The van der Waals surface area contributed by atoms with Crippen LogP contribution in [-0.2, 0) is 0 Å². The molecular weight excluding hydrogens is 310 g/mol. The molecule has 0 aromatic carbocycles. The number of nitrogens with zero attached hydrogens (tertiary/aromatic N) is 1. The number of likely N-dealkylation sites (N-methyl/N-ethyl adjacent to an activating group) is 1. The van der Waals surface area contributed by atoms with E-state index in [2.05, 4.69) is 27.9 Å². The lowest BCUT2D eigenvalue weighted by atomic mass is 10.1. The lowest BCUT2D eigenvalue weighted by Crippen LogP contribution is -2.35. The minimum atomic E-state index is 0.248. The van der Waals surface area contributed by atoms with Gasteiger partial charge in [-0.25, -0.2) is 0 Å². The van der Waals surface area contributed by atoms with Crippen LogP contribution in [0, 0.1) is 0 Å². The van der Waals surface area contributed by atoms with Crippen molar-refractivity contribution in [2.45, 2.75) is 44.6 Å². The summed E-state index contributed by atoms with van der Waals surface area (Å²) >= 11 is 4.94. The molecule has 1 aromatic rings. The third kappa shape index (κ3) is 3.90. The molecule has 0 aliphatic heterocycles. The Balaban J connectivity index is 1.89. The van der Waals surface area contributed by atoms with Crippen LogP contribution < -0.4 is 0 Å². The average molecular weight is 330 g/mol. The van der Waals surface area contributed by atoms with Gasteiger partial charge >= 0.3 is 0 Å². The van der Waals surface area contributed by atoms with Crippen molar-refractivity contribution >= 4 is 33.0 Å². The zero-order chi connectivity index (χ0) is 13.0. The van der Waals surface area contributed by atoms with E-state index in [1.165, 1.54) is 49.9 Å². The second-order valence-corrected chi connectivity index (χ2v) is 7.55.